The van der Waals surface area contributed by atoms with Crippen LogP contribution in [0.25, 0.3) is 0 Å². The summed E-state index contributed by atoms with van der Waals surface area (Å²) in [6.07, 6.45) is 8.22. The number of hydrogen-bond donors (Lipinski definition) is 1. The van der Waals surface area contributed by atoms with Crippen molar-refractivity contribution in [1.82, 2.24) is 15.1 Å². The quantitative estimate of drug-likeness (QED) is 0.831. The van der Waals surface area contributed by atoms with E-state index in [-0.39, 0.29) is 5.91 Å². The van der Waals surface area contributed by atoms with Gasteiger partial charge in [0.25, 0.3) is 0 Å². The van der Waals surface area contributed by atoms with Crippen molar-refractivity contribution < 1.29 is 4.79 Å². The van der Waals surface area contributed by atoms with E-state index in [1.165, 1.54) is 25.0 Å². The van der Waals surface area contributed by atoms with Gasteiger partial charge in [-0.15, -0.1) is 0 Å². The third kappa shape index (κ3) is 2.84. The number of piperidine rings is 1. The molecule has 0 aromatic carbocycles. The zero-order valence-corrected chi connectivity index (χ0v) is 11.9. The van der Waals surface area contributed by atoms with Gasteiger partial charge >= 0.3 is 0 Å². The molecule has 4 nitrogen and oxygen atoms in total. The highest BCUT2D eigenvalue weighted by molar-refractivity contribution is 5.79. The first-order valence-corrected chi connectivity index (χ1v) is 7.65. The molecule has 2 aliphatic heterocycles. The number of likely N-dealkylation sites (tertiary alicyclic amines) is 1. The van der Waals surface area contributed by atoms with Crippen molar-refractivity contribution >= 4 is 5.91 Å². The van der Waals surface area contributed by atoms with Gasteiger partial charge in [-0.1, -0.05) is 6.08 Å². The Balaban J connectivity index is 1.52. The van der Waals surface area contributed by atoms with Gasteiger partial charge in [-0.05, 0) is 44.6 Å². The fraction of sp³-hybridized carbons (Fsp3) is 0.800. The number of allylic oxidation sites excluding steroid dienone is 2. The Hall–Kier alpha value is -0.870. The molecule has 0 bridgehead atoms. The zero-order valence-electron chi connectivity index (χ0n) is 11.9. The van der Waals surface area contributed by atoms with E-state index in [9.17, 15) is 4.79 Å². The van der Waals surface area contributed by atoms with E-state index in [0.717, 1.165) is 38.4 Å². The molecule has 0 radical (unpaired) electrons. The van der Waals surface area contributed by atoms with Crippen LogP contribution in [0, 0.1) is 5.92 Å². The van der Waals surface area contributed by atoms with Crippen molar-refractivity contribution in [1.29, 1.82) is 0 Å². The zero-order chi connectivity index (χ0) is 13.2. The molecule has 1 N–H and O–H groups in total. The van der Waals surface area contributed by atoms with Crippen molar-refractivity contribution in [3.63, 3.8) is 0 Å². The second-order valence-electron chi connectivity index (χ2n) is 6.20. The highest BCUT2D eigenvalue weighted by atomic mass is 16.2. The molecule has 3 aliphatic rings. The summed E-state index contributed by atoms with van der Waals surface area (Å²) in [4.78, 5) is 16.5. The number of carbonyl (C=O) groups is 1. The largest absolute Gasteiger partial charge is 0.318 e. The monoisotopic (exact) mass is 263 g/mol. The van der Waals surface area contributed by atoms with E-state index >= 15 is 0 Å². The van der Waals surface area contributed by atoms with Crippen LogP contribution in [-0.2, 0) is 4.79 Å². The molecule has 2 fully saturated rings. The highest BCUT2D eigenvalue weighted by Gasteiger charge is 2.35. The molecule has 2 atom stereocenters. The molecule has 0 unspecified atom stereocenters. The minimum atomic E-state index is 0.256. The van der Waals surface area contributed by atoms with Gasteiger partial charge < -0.3 is 10.2 Å². The molecular weight excluding hydrogens is 238 g/mol. The molecule has 0 aromatic rings. The summed E-state index contributed by atoms with van der Waals surface area (Å²) < 4.78 is 0. The Labute approximate surface area is 115 Å². The molecule has 1 aliphatic carbocycles. The van der Waals surface area contributed by atoms with Crippen LogP contribution in [0.1, 0.15) is 32.1 Å². The molecule has 4 heteroatoms. The summed E-state index contributed by atoms with van der Waals surface area (Å²) in [6.45, 7) is 3.87. The maximum absolute atomic E-state index is 12.3. The number of amides is 1. The molecule has 0 spiro atoms. The second kappa shape index (κ2) is 5.63. The summed E-state index contributed by atoms with van der Waals surface area (Å²) in [5, 5.41) is 3.59. The van der Waals surface area contributed by atoms with E-state index < -0.39 is 0 Å². The van der Waals surface area contributed by atoms with Crippen LogP contribution >= 0.6 is 0 Å². The van der Waals surface area contributed by atoms with Gasteiger partial charge in [-0.25, -0.2) is 0 Å². The standard InChI is InChI=1S/C15H25N3O/c1-17(13-6-2-3-7-13)15(19)11-18-9-12-5-4-8-16-14(12)10-18/h6,12,14,16H,2-5,7-11H2,1H3/t12-,14+/m0/s1. The van der Waals surface area contributed by atoms with Crippen LogP contribution in [0.15, 0.2) is 11.8 Å². The fourth-order valence-electron chi connectivity index (χ4n) is 3.68. The lowest BCUT2D eigenvalue weighted by atomic mass is 9.94. The molecule has 2 saturated heterocycles. The van der Waals surface area contributed by atoms with Gasteiger partial charge in [0.2, 0.25) is 5.91 Å². The van der Waals surface area contributed by atoms with Gasteiger partial charge in [0.15, 0.2) is 0 Å². The SMILES string of the molecule is CN(C(=O)CN1C[C@@H]2CCCN[C@@H]2C1)C1=CCCC1. The lowest BCUT2D eigenvalue weighted by Gasteiger charge is -2.24. The number of fused-ring (bicyclic) bond motifs is 1. The number of likely N-dealkylation sites (N-methyl/N-ethyl adjacent to an activating group) is 1. The fourth-order valence-corrected chi connectivity index (χ4v) is 3.68. The van der Waals surface area contributed by atoms with E-state index in [0.29, 0.717) is 12.6 Å². The summed E-state index contributed by atoms with van der Waals surface area (Å²) in [5.41, 5.74) is 1.22. The van der Waals surface area contributed by atoms with Crippen molar-refractivity contribution in [3.8, 4) is 0 Å². The maximum Gasteiger partial charge on any atom is 0.240 e. The minimum Gasteiger partial charge on any atom is -0.318 e. The smallest absolute Gasteiger partial charge is 0.240 e. The van der Waals surface area contributed by atoms with Gasteiger partial charge in [-0.3, -0.25) is 9.69 Å². The predicted molar refractivity (Wildman–Crippen MR) is 75.7 cm³/mol. The predicted octanol–water partition coefficient (Wildman–Crippen LogP) is 1.20. The number of nitrogens with one attached hydrogen (secondary N) is 1. The molecule has 1 amide bonds. The lowest BCUT2D eigenvalue weighted by molar-refractivity contribution is -0.129. The van der Waals surface area contributed by atoms with Crippen LogP contribution in [0.3, 0.4) is 0 Å². The van der Waals surface area contributed by atoms with E-state index in [2.05, 4.69) is 16.3 Å². The van der Waals surface area contributed by atoms with E-state index in [1.807, 2.05) is 11.9 Å². The summed E-state index contributed by atoms with van der Waals surface area (Å²) in [5.74, 6) is 1.02. The summed E-state index contributed by atoms with van der Waals surface area (Å²) in [6, 6.07) is 0.623. The Bertz CT molecular complexity index is 366. The Morgan fingerprint density at radius 2 is 2.37 bits per heavy atom. The average Bonchev–Trinajstić information content (AvgIpc) is 3.06. The number of nitrogens with zero attached hydrogens (tertiary/aromatic N) is 2. The molecule has 19 heavy (non-hydrogen) atoms. The normalized spacial score (nSPS) is 31.1. The number of rotatable bonds is 3. The van der Waals surface area contributed by atoms with Crippen molar-refractivity contribution in [2.75, 3.05) is 33.2 Å². The van der Waals surface area contributed by atoms with Crippen molar-refractivity contribution in [2.24, 2.45) is 5.92 Å². The number of hydrogen-bond acceptors (Lipinski definition) is 3. The average molecular weight is 263 g/mol. The van der Waals surface area contributed by atoms with Crippen LogP contribution in [-0.4, -0.2) is 55.0 Å². The van der Waals surface area contributed by atoms with Crippen molar-refractivity contribution in [3.05, 3.63) is 11.8 Å². The summed E-state index contributed by atoms with van der Waals surface area (Å²) >= 11 is 0. The van der Waals surface area contributed by atoms with Crippen molar-refractivity contribution in [2.45, 2.75) is 38.1 Å². The Morgan fingerprint density at radius 1 is 1.47 bits per heavy atom. The first-order chi connectivity index (χ1) is 9.24. The highest BCUT2D eigenvalue weighted by Crippen LogP contribution is 2.25. The summed E-state index contributed by atoms with van der Waals surface area (Å²) in [7, 11) is 1.93. The first-order valence-electron chi connectivity index (χ1n) is 7.65. The first kappa shape index (κ1) is 13.1. The van der Waals surface area contributed by atoms with Crippen LogP contribution in [0.2, 0.25) is 0 Å². The molecule has 106 valence electrons. The molecular formula is C15H25N3O. The van der Waals surface area contributed by atoms with Gasteiger partial charge in [0.1, 0.15) is 0 Å². The molecule has 0 saturated carbocycles. The number of carbonyl (C=O) groups excluding carboxylic acids is 1. The topological polar surface area (TPSA) is 35.6 Å². The van der Waals surface area contributed by atoms with Gasteiger partial charge in [-0.2, -0.15) is 0 Å². The lowest BCUT2D eigenvalue weighted by Crippen LogP contribution is -2.41. The van der Waals surface area contributed by atoms with Crippen LogP contribution in [0.5, 0.6) is 0 Å². The third-order valence-electron chi connectivity index (χ3n) is 4.86. The molecule has 0 aromatic heterocycles. The molecule has 2 heterocycles. The van der Waals surface area contributed by atoms with E-state index in [4.69, 9.17) is 0 Å². The van der Waals surface area contributed by atoms with Crippen LogP contribution < -0.4 is 5.32 Å². The molecule has 3 rings (SSSR count). The van der Waals surface area contributed by atoms with Gasteiger partial charge in [0.05, 0.1) is 6.54 Å². The third-order valence-corrected chi connectivity index (χ3v) is 4.86. The Morgan fingerprint density at radius 3 is 3.11 bits per heavy atom. The van der Waals surface area contributed by atoms with Crippen LogP contribution in [0.4, 0.5) is 0 Å². The minimum absolute atomic E-state index is 0.256. The van der Waals surface area contributed by atoms with Gasteiger partial charge in [0, 0.05) is 31.9 Å². The maximum atomic E-state index is 12.3. The van der Waals surface area contributed by atoms with E-state index in [1.54, 1.807) is 0 Å². The second-order valence-corrected chi connectivity index (χ2v) is 6.20. The Kier molecular flexibility index (Phi) is 3.89.